The maximum atomic E-state index is 13.9. The summed E-state index contributed by atoms with van der Waals surface area (Å²) < 4.78 is 13.9. The first-order valence-corrected chi connectivity index (χ1v) is 8.17. The summed E-state index contributed by atoms with van der Waals surface area (Å²) in [6.07, 6.45) is 5.51. The molecule has 23 heavy (non-hydrogen) atoms. The molecular weight excluding hydrogens is 297 g/mol. The molecule has 1 saturated carbocycles. The fraction of sp³-hybridized carbons (Fsp3) is 0.529. The van der Waals surface area contributed by atoms with Crippen molar-refractivity contribution in [3.63, 3.8) is 0 Å². The minimum absolute atomic E-state index is 0.0953. The summed E-state index contributed by atoms with van der Waals surface area (Å²) >= 11 is 0. The van der Waals surface area contributed by atoms with Gasteiger partial charge in [0.15, 0.2) is 0 Å². The Hall–Kier alpha value is -1.95. The summed E-state index contributed by atoms with van der Waals surface area (Å²) in [4.78, 5) is 23.5. The van der Waals surface area contributed by atoms with E-state index in [1.807, 2.05) is 0 Å². The van der Waals surface area contributed by atoms with Crippen molar-refractivity contribution in [3.8, 4) is 0 Å². The van der Waals surface area contributed by atoms with Crippen LogP contribution in [0.4, 0.5) is 15.8 Å². The quantitative estimate of drug-likeness (QED) is 0.802. The summed E-state index contributed by atoms with van der Waals surface area (Å²) in [5, 5.41) is 8.61. The first-order chi connectivity index (χ1) is 11.0. The van der Waals surface area contributed by atoms with Crippen LogP contribution in [0.3, 0.4) is 0 Å². The van der Waals surface area contributed by atoms with Crippen molar-refractivity contribution in [2.24, 2.45) is 5.92 Å². The van der Waals surface area contributed by atoms with Crippen molar-refractivity contribution in [2.45, 2.75) is 51.1 Å². The highest BCUT2D eigenvalue weighted by Crippen LogP contribution is 2.33. The lowest BCUT2D eigenvalue weighted by Gasteiger charge is -2.24. The highest BCUT2D eigenvalue weighted by atomic mass is 19.1. The van der Waals surface area contributed by atoms with Crippen LogP contribution < -0.4 is 16.0 Å². The third-order valence-electron chi connectivity index (χ3n) is 4.72. The first-order valence-electron chi connectivity index (χ1n) is 8.17. The first kappa shape index (κ1) is 15.9. The Balaban J connectivity index is 1.66. The van der Waals surface area contributed by atoms with E-state index in [1.54, 1.807) is 0 Å². The average molecular weight is 319 g/mol. The molecule has 3 atom stereocenters. The average Bonchev–Trinajstić information content (AvgIpc) is 2.94. The van der Waals surface area contributed by atoms with Crippen molar-refractivity contribution in [2.75, 3.05) is 10.6 Å². The number of carbonyl (C=O) groups is 2. The van der Waals surface area contributed by atoms with E-state index in [9.17, 15) is 14.0 Å². The molecule has 1 aliphatic heterocycles. The van der Waals surface area contributed by atoms with Crippen molar-refractivity contribution in [1.82, 2.24) is 5.32 Å². The molecule has 0 bridgehead atoms. The fourth-order valence-electron chi connectivity index (χ4n) is 3.64. The lowest BCUT2D eigenvalue weighted by molar-refractivity contribution is -0.118. The van der Waals surface area contributed by atoms with Gasteiger partial charge < -0.3 is 16.0 Å². The van der Waals surface area contributed by atoms with Gasteiger partial charge >= 0.3 is 0 Å². The minimum atomic E-state index is -0.511. The molecule has 5 nitrogen and oxygen atoms in total. The predicted octanol–water partition coefficient (Wildman–Crippen LogP) is 2.64. The van der Waals surface area contributed by atoms with Gasteiger partial charge in [0.05, 0.1) is 11.7 Å². The molecule has 3 N–H and O–H groups in total. The van der Waals surface area contributed by atoms with Gasteiger partial charge in [0.25, 0.3) is 0 Å². The van der Waals surface area contributed by atoms with E-state index in [0.717, 1.165) is 19.3 Å². The maximum Gasteiger partial charge on any atom is 0.241 e. The molecule has 0 aromatic heterocycles. The molecule has 3 unspecified atom stereocenters. The summed E-state index contributed by atoms with van der Waals surface area (Å²) in [7, 11) is 0. The number of hydrogen-bond donors (Lipinski definition) is 3. The molecule has 6 heteroatoms. The van der Waals surface area contributed by atoms with Crippen LogP contribution in [0.15, 0.2) is 18.2 Å². The number of halogens is 1. The topological polar surface area (TPSA) is 70.2 Å². The summed E-state index contributed by atoms with van der Waals surface area (Å²) in [6.45, 7) is 1.38. The summed E-state index contributed by atoms with van der Waals surface area (Å²) in [6, 6.07) is 4.29. The minimum Gasteiger partial charge on any atom is -0.326 e. The monoisotopic (exact) mass is 319 g/mol. The van der Waals surface area contributed by atoms with E-state index in [2.05, 4.69) is 16.0 Å². The molecular formula is C17H22FN3O2. The van der Waals surface area contributed by atoms with E-state index < -0.39 is 5.82 Å². The lowest BCUT2D eigenvalue weighted by atomic mass is 9.85. The Morgan fingerprint density at radius 2 is 2.00 bits per heavy atom. The second kappa shape index (κ2) is 6.66. The molecule has 0 radical (unpaired) electrons. The Labute approximate surface area is 135 Å². The third-order valence-corrected chi connectivity index (χ3v) is 4.72. The van der Waals surface area contributed by atoms with Gasteiger partial charge in [-0.15, -0.1) is 0 Å². The van der Waals surface area contributed by atoms with Gasteiger partial charge in [-0.2, -0.15) is 0 Å². The van der Waals surface area contributed by atoms with Gasteiger partial charge in [-0.05, 0) is 43.4 Å². The molecule has 124 valence electrons. The zero-order valence-corrected chi connectivity index (χ0v) is 13.2. The number of carbonyl (C=O) groups excluding carboxylic acids is 2. The van der Waals surface area contributed by atoms with Gasteiger partial charge in [0.1, 0.15) is 5.82 Å². The second-order valence-electron chi connectivity index (χ2n) is 6.47. The van der Waals surface area contributed by atoms with E-state index in [1.165, 1.54) is 38.0 Å². The molecule has 1 aliphatic carbocycles. The summed E-state index contributed by atoms with van der Waals surface area (Å²) in [5.74, 6) is -0.411. The number of rotatable bonds is 3. The Bertz CT molecular complexity index is 606. The fourth-order valence-corrected chi connectivity index (χ4v) is 3.64. The molecule has 1 aromatic rings. The van der Waals surface area contributed by atoms with Crippen molar-refractivity contribution in [3.05, 3.63) is 24.0 Å². The zero-order chi connectivity index (χ0) is 16.4. The van der Waals surface area contributed by atoms with Crippen LogP contribution in [-0.2, 0) is 9.59 Å². The largest absolute Gasteiger partial charge is 0.326 e. The van der Waals surface area contributed by atoms with Crippen LogP contribution in [0, 0.1) is 11.7 Å². The van der Waals surface area contributed by atoms with Crippen LogP contribution in [0.25, 0.3) is 0 Å². The number of amides is 2. The van der Waals surface area contributed by atoms with Gasteiger partial charge in [0, 0.05) is 18.7 Å². The molecule has 0 spiro atoms. The van der Waals surface area contributed by atoms with Crippen molar-refractivity contribution >= 4 is 23.2 Å². The van der Waals surface area contributed by atoms with Gasteiger partial charge in [-0.3, -0.25) is 9.59 Å². The molecule has 1 aromatic carbocycles. The Morgan fingerprint density at radius 3 is 2.74 bits per heavy atom. The van der Waals surface area contributed by atoms with Gasteiger partial charge in [0.2, 0.25) is 11.8 Å². The van der Waals surface area contributed by atoms with E-state index in [0.29, 0.717) is 17.6 Å². The van der Waals surface area contributed by atoms with E-state index >= 15 is 0 Å². The third kappa shape index (κ3) is 3.69. The zero-order valence-electron chi connectivity index (χ0n) is 13.2. The van der Waals surface area contributed by atoms with Crippen LogP contribution in [-0.4, -0.2) is 23.9 Å². The van der Waals surface area contributed by atoms with E-state index in [4.69, 9.17) is 0 Å². The van der Waals surface area contributed by atoms with E-state index in [-0.39, 0.29) is 23.5 Å². The molecule has 2 amide bonds. The molecule has 2 aliphatic rings. The van der Waals surface area contributed by atoms with Crippen molar-refractivity contribution < 1.29 is 14.0 Å². The number of fused-ring (bicyclic) bond motifs is 1. The smallest absolute Gasteiger partial charge is 0.241 e. The Morgan fingerprint density at radius 1 is 1.22 bits per heavy atom. The summed E-state index contributed by atoms with van der Waals surface area (Å²) in [5.41, 5.74) is 0.556. The number of anilines is 2. The number of benzene rings is 1. The molecule has 1 heterocycles. The standard InChI is InChI=1S/C17H22FN3O2/c1-10(22)19-12-6-7-13(18)15(9-12)21-17(23)16-8-11-4-2-3-5-14(11)20-16/h6-7,9,11,14,16,20H,2-5,8H2,1H3,(H,19,22)(H,21,23). The second-order valence-corrected chi connectivity index (χ2v) is 6.47. The predicted molar refractivity (Wildman–Crippen MR) is 86.6 cm³/mol. The van der Waals surface area contributed by atoms with Crippen molar-refractivity contribution in [1.29, 1.82) is 0 Å². The van der Waals surface area contributed by atoms with Gasteiger partial charge in [-0.25, -0.2) is 4.39 Å². The molecule has 3 rings (SSSR count). The van der Waals surface area contributed by atoms with Crippen LogP contribution in [0.2, 0.25) is 0 Å². The highest BCUT2D eigenvalue weighted by Gasteiger charge is 2.38. The van der Waals surface area contributed by atoms with Gasteiger partial charge in [-0.1, -0.05) is 12.8 Å². The van der Waals surface area contributed by atoms with Crippen LogP contribution in [0.5, 0.6) is 0 Å². The maximum absolute atomic E-state index is 13.9. The lowest BCUT2D eigenvalue weighted by Crippen LogP contribution is -2.40. The Kier molecular flexibility index (Phi) is 4.61. The van der Waals surface area contributed by atoms with Crippen LogP contribution >= 0.6 is 0 Å². The highest BCUT2D eigenvalue weighted by molar-refractivity contribution is 5.96. The number of nitrogens with one attached hydrogen (secondary N) is 3. The molecule has 2 fully saturated rings. The normalized spacial score (nSPS) is 26.4. The number of hydrogen-bond acceptors (Lipinski definition) is 3. The molecule has 1 saturated heterocycles. The van der Waals surface area contributed by atoms with Crippen LogP contribution in [0.1, 0.15) is 39.0 Å². The SMILES string of the molecule is CC(=O)Nc1ccc(F)c(NC(=O)C2CC3CCCCC3N2)c1.